The van der Waals surface area contributed by atoms with Gasteiger partial charge in [-0.05, 0) is 75.7 Å². The molecule has 1 aliphatic rings. The van der Waals surface area contributed by atoms with Gasteiger partial charge in [0.25, 0.3) is 0 Å². The first kappa shape index (κ1) is 14.8. The molecule has 1 heterocycles. The first-order valence-electron chi connectivity index (χ1n) is 9.37. The van der Waals surface area contributed by atoms with Crippen molar-refractivity contribution in [2.75, 3.05) is 0 Å². The lowest BCUT2D eigenvalue weighted by molar-refractivity contribution is 0.486. The van der Waals surface area contributed by atoms with E-state index in [2.05, 4.69) is 86.6 Å². The zero-order chi connectivity index (χ0) is 18.1. The molecule has 0 saturated carbocycles. The lowest BCUT2D eigenvalue weighted by atomic mass is 9.87. The zero-order valence-corrected chi connectivity index (χ0v) is 15.3. The Bertz CT molecular complexity index is 1410. The molecule has 5 aromatic rings. The molecule has 0 saturated heterocycles. The highest BCUT2D eigenvalue weighted by Crippen LogP contribution is 2.49. The van der Waals surface area contributed by atoms with Crippen LogP contribution in [0.3, 0.4) is 0 Å². The molecular formula is C26H18O. The maximum Gasteiger partial charge on any atom is 0.135 e. The molecule has 5 aromatic carbocycles. The molecule has 128 valence electrons. The fourth-order valence-corrected chi connectivity index (χ4v) is 4.56. The van der Waals surface area contributed by atoms with E-state index in [1.807, 2.05) is 0 Å². The molecule has 0 radical (unpaired) electrons. The predicted molar refractivity (Wildman–Crippen MR) is 114 cm³/mol. The first-order valence-corrected chi connectivity index (χ1v) is 9.37. The van der Waals surface area contributed by atoms with Crippen molar-refractivity contribution in [3.05, 3.63) is 83.9 Å². The number of hydrogen-bond donors (Lipinski definition) is 0. The number of hydrogen-bond acceptors (Lipinski definition) is 1. The van der Waals surface area contributed by atoms with E-state index < -0.39 is 0 Å². The number of fused-ring (bicyclic) bond motifs is 6. The van der Waals surface area contributed by atoms with Gasteiger partial charge in [0, 0.05) is 10.9 Å². The van der Waals surface area contributed by atoms with E-state index >= 15 is 0 Å². The summed E-state index contributed by atoms with van der Waals surface area (Å²) < 4.78 is 6.30. The fraction of sp³-hybridized carbons (Fsp3) is 0.0769. The van der Waals surface area contributed by atoms with Crippen LogP contribution in [0.2, 0.25) is 0 Å². The van der Waals surface area contributed by atoms with E-state index in [0.29, 0.717) is 0 Å². The Kier molecular flexibility index (Phi) is 2.80. The molecule has 0 aliphatic carbocycles. The topological polar surface area (TPSA) is 9.23 Å². The second-order valence-electron chi connectivity index (χ2n) is 7.54. The van der Waals surface area contributed by atoms with Crippen LogP contribution in [0.1, 0.15) is 11.1 Å². The largest absolute Gasteiger partial charge is 0.456 e. The van der Waals surface area contributed by atoms with Crippen molar-refractivity contribution in [3.63, 3.8) is 0 Å². The van der Waals surface area contributed by atoms with Crippen LogP contribution in [0, 0.1) is 13.8 Å². The van der Waals surface area contributed by atoms with Crippen LogP contribution in [0.15, 0.2) is 72.8 Å². The van der Waals surface area contributed by atoms with E-state index in [9.17, 15) is 0 Å². The predicted octanol–water partition coefficient (Wildman–Crippen LogP) is 7.54. The smallest absolute Gasteiger partial charge is 0.135 e. The number of aryl methyl sites for hydroxylation is 2. The van der Waals surface area contributed by atoms with Crippen LogP contribution < -0.4 is 4.74 Å². The molecule has 0 N–H and O–H groups in total. The van der Waals surface area contributed by atoms with Crippen molar-refractivity contribution in [2.24, 2.45) is 0 Å². The molecule has 6 rings (SSSR count). The van der Waals surface area contributed by atoms with Crippen molar-refractivity contribution in [1.82, 2.24) is 0 Å². The molecule has 0 atom stereocenters. The monoisotopic (exact) mass is 346 g/mol. The van der Waals surface area contributed by atoms with Gasteiger partial charge in [0.15, 0.2) is 0 Å². The zero-order valence-electron chi connectivity index (χ0n) is 15.3. The average molecular weight is 346 g/mol. The molecule has 0 spiro atoms. The molecule has 0 amide bonds. The molecule has 0 unspecified atom stereocenters. The average Bonchev–Trinajstić information content (AvgIpc) is 2.69. The molecular weight excluding hydrogens is 328 g/mol. The summed E-state index contributed by atoms with van der Waals surface area (Å²) in [6.07, 6.45) is 0. The third-order valence-corrected chi connectivity index (χ3v) is 5.81. The molecule has 0 fully saturated rings. The summed E-state index contributed by atoms with van der Waals surface area (Å²) in [5, 5.41) is 7.73. The van der Waals surface area contributed by atoms with Gasteiger partial charge in [0.05, 0.1) is 0 Å². The van der Waals surface area contributed by atoms with Gasteiger partial charge in [0.2, 0.25) is 0 Å². The summed E-state index contributed by atoms with van der Waals surface area (Å²) in [6, 6.07) is 26.3. The molecule has 0 aromatic heterocycles. The van der Waals surface area contributed by atoms with Crippen molar-refractivity contribution in [2.45, 2.75) is 13.8 Å². The standard InChI is InChI=1S/C26H18O/c1-15-10-11-19-23-14-22-18-7-4-3-6-17(18)16(2)13-21(22)20-8-5-9-24(26(20)23)27-25(19)12-15/h3-14H,1-2H3. The number of benzene rings is 5. The van der Waals surface area contributed by atoms with Gasteiger partial charge in [-0.25, -0.2) is 0 Å². The summed E-state index contributed by atoms with van der Waals surface area (Å²) in [6.45, 7) is 4.31. The summed E-state index contributed by atoms with van der Waals surface area (Å²) in [4.78, 5) is 0. The highest BCUT2D eigenvalue weighted by molar-refractivity contribution is 6.23. The van der Waals surface area contributed by atoms with E-state index in [1.54, 1.807) is 0 Å². The molecule has 1 heteroatoms. The Hall–Kier alpha value is -3.32. The SMILES string of the molecule is Cc1ccc2c(c1)Oc1cccc3c1c-2cc1c2ccccc2c(C)cc31. The highest BCUT2D eigenvalue weighted by Gasteiger charge is 2.22. The maximum absolute atomic E-state index is 6.30. The number of rotatable bonds is 0. The van der Waals surface area contributed by atoms with Crippen LogP contribution in [0.4, 0.5) is 0 Å². The Labute approximate surface area is 157 Å². The van der Waals surface area contributed by atoms with Gasteiger partial charge in [0.1, 0.15) is 11.5 Å². The van der Waals surface area contributed by atoms with Gasteiger partial charge in [-0.2, -0.15) is 0 Å². The van der Waals surface area contributed by atoms with E-state index in [0.717, 1.165) is 11.5 Å². The third kappa shape index (κ3) is 1.94. The van der Waals surface area contributed by atoms with Gasteiger partial charge in [-0.3, -0.25) is 0 Å². The van der Waals surface area contributed by atoms with Crippen molar-refractivity contribution in [3.8, 4) is 22.6 Å². The van der Waals surface area contributed by atoms with Crippen LogP contribution in [0.5, 0.6) is 11.5 Å². The normalized spacial score (nSPS) is 12.4. The molecule has 0 bridgehead atoms. The first-order chi connectivity index (χ1) is 13.2. The molecule has 27 heavy (non-hydrogen) atoms. The van der Waals surface area contributed by atoms with Gasteiger partial charge in [-0.1, -0.05) is 54.6 Å². The summed E-state index contributed by atoms with van der Waals surface area (Å²) in [7, 11) is 0. The van der Waals surface area contributed by atoms with Crippen molar-refractivity contribution < 1.29 is 4.74 Å². The number of ether oxygens (including phenoxy) is 1. The highest BCUT2D eigenvalue weighted by atomic mass is 16.5. The fourth-order valence-electron chi connectivity index (χ4n) is 4.56. The van der Waals surface area contributed by atoms with Crippen LogP contribution in [-0.2, 0) is 0 Å². The minimum atomic E-state index is 0.950. The molecule has 1 aliphatic heterocycles. The van der Waals surface area contributed by atoms with E-state index in [1.165, 1.54) is 54.6 Å². The Morgan fingerprint density at radius 1 is 0.556 bits per heavy atom. The Morgan fingerprint density at radius 3 is 2.22 bits per heavy atom. The van der Waals surface area contributed by atoms with Gasteiger partial charge >= 0.3 is 0 Å². The Morgan fingerprint density at radius 2 is 1.33 bits per heavy atom. The lowest BCUT2D eigenvalue weighted by Gasteiger charge is -2.23. The summed E-state index contributed by atoms with van der Waals surface area (Å²) in [5.41, 5.74) is 4.97. The quantitative estimate of drug-likeness (QED) is 0.258. The minimum absolute atomic E-state index is 0.950. The van der Waals surface area contributed by atoms with Crippen molar-refractivity contribution >= 4 is 32.3 Å². The van der Waals surface area contributed by atoms with Crippen molar-refractivity contribution in [1.29, 1.82) is 0 Å². The Balaban J connectivity index is 1.88. The van der Waals surface area contributed by atoms with Gasteiger partial charge in [-0.15, -0.1) is 0 Å². The lowest BCUT2D eigenvalue weighted by Crippen LogP contribution is -1.98. The molecule has 1 nitrogen and oxygen atoms in total. The van der Waals surface area contributed by atoms with Crippen LogP contribution in [0.25, 0.3) is 43.4 Å². The van der Waals surface area contributed by atoms with E-state index in [4.69, 9.17) is 4.74 Å². The second-order valence-corrected chi connectivity index (χ2v) is 7.54. The van der Waals surface area contributed by atoms with Crippen LogP contribution >= 0.6 is 0 Å². The third-order valence-electron chi connectivity index (χ3n) is 5.81. The maximum atomic E-state index is 6.30. The second kappa shape index (κ2) is 5.11. The van der Waals surface area contributed by atoms with Crippen LogP contribution in [-0.4, -0.2) is 0 Å². The minimum Gasteiger partial charge on any atom is -0.456 e. The summed E-state index contributed by atoms with van der Waals surface area (Å²) >= 11 is 0. The summed E-state index contributed by atoms with van der Waals surface area (Å²) in [5.74, 6) is 1.90. The van der Waals surface area contributed by atoms with Gasteiger partial charge < -0.3 is 4.74 Å². The van der Waals surface area contributed by atoms with E-state index in [-0.39, 0.29) is 0 Å².